The summed E-state index contributed by atoms with van der Waals surface area (Å²) in [4.78, 5) is 37.3. The van der Waals surface area contributed by atoms with Gasteiger partial charge in [-0.25, -0.2) is 9.37 Å². The second-order valence-electron chi connectivity index (χ2n) is 8.47. The van der Waals surface area contributed by atoms with Crippen LogP contribution < -0.4 is 14.8 Å². The maximum Gasteiger partial charge on any atom is 0.275 e. The molecule has 5 rings (SSSR count). The predicted octanol–water partition coefficient (Wildman–Crippen LogP) is 4.68. The second kappa shape index (κ2) is 10.4. The van der Waals surface area contributed by atoms with Crippen LogP contribution in [0.2, 0.25) is 0 Å². The van der Waals surface area contributed by atoms with Crippen molar-refractivity contribution in [2.75, 3.05) is 12.1 Å². The molecular formula is C28H23FN4O4. The summed E-state index contributed by atoms with van der Waals surface area (Å²) < 4.78 is 24.4. The molecule has 186 valence electrons. The van der Waals surface area contributed by atoms with E-state index >= 15 is 0 Å². The van der Waals surface area contributed by atoms with Crippen molar-refractivity contribution in [1.29, 1.82) is 0 Å². The highest BCUT2D eigenvalue weighted by molar-refractivity contribution is 6.01. The van der Waals surface area contributed by atoms with Gasteiger partial charge in [0.2, 0.25) is 6.79 Å². The van der Waals surface area contributed by atoms with Crippen LogP contribution in [0.15, 0.2) is 85.3 Å². The van der Waals surface area contributed by atoms with Crippen LogP contribution in [-0.4, -0.2) is 33.5 Å². The van der Waals surface area contributed by atoms with Gasteiger partial charge < -0.3 is 19.7 Å². The standard InChI is InChI=1S/C28H23FN4O4/c1-18-4-2-3-5-22(18)26(27(34)32-21-9-7-20(29)8-10-21)33(28(35)23-15-30-12-13-31-23)16-19-6-11-24-25(14-19)37-17-36-24/h2-15,26H,16-17H2,1H3,(H,32,34)/t26-/m1/s1. The monoisotopic (exact) mass is 498 g/mol. The highest BCUT2D eigenvalue weighted by atomic mass is 19.1. The first kappa shape index (κ1) is 23.9. The zero-order valence-corrected chi connectivity index (χ0v) is 19.9. The Morgan fingerprint density at radius 1 is 1.03 bits per heavy atom. The Bertz CT molecular complexity index is 1430. The van der Waals surface area contributed by atoms with Crippen LogP contribution in [0.1, 0.15) is 33.2 Å². The molecule has 0 bridgehead atoms. The fourth-order valence-electron chi connectivity index (χ4n) is 4.16. The molecule has 0 saturated carbocycles. The number of carbonyl (C=O) groups is 2. The van der Waals surface area contributed by atoms with Crippen molar-refractivity contribution in [3.05, 3.63) is 114 Å². The van der Waals surface area contributed by atoms with Gasteiger partial charge in [0.05, 0.1) is 6.20 Å². The lowest BCUT2D eigenvalue weighted by atomic mass is 9.97. The number of aromatic nitrogens is 2. The molecule has 0 saturated heterocycles. The Morgan fingerprint density at radius 3 is 2.57 bits per heavy atom. The fraction of sp³-hybridized carbons (Fsp3) is 0.143. The molecular weight excluding hydrogens is 475 g/mol. The predicted molar refractivity (Wildman–Crippen MR) is 133 cm³/mol. The van der Waals surface area contributed by atoms with E-state index in [0.29, 0.717) is 22.7 Å². The number of ether oxygens (including phenoxy) is 2. The summed E-state index contributed by atoms with van der Waals surface area (Å²) in [5.41, 5.74) is 2.69. The minimum absolute atomic E-state index is 0.0713. The van der Waals surface area contributed by atoms with Gasteiger partial charge in [-0.15, -0.1) is 0 Å². The van der Waals surface area contributed by atoms with Crippen molar-refractivity contribution in [2.24, 2.45) is 0 Å². The number of rotatable bonds is 7. The number of anilines is 1. The minimum Gasteiger partial charge on any atom is -0.454 e. The first-order chi connectivity index (χ1) is 18.0. The molecule has 4 aromatic rings. The van der Waals surface area contributed by atoms with Gasteiger partial charge in [-0.2, -0.15) is 0 Å². The molecule has 9 heteroatoms. The molecule has 0 spiro atoms. The number of amides is 2. The molecule has 1 N–H and O–H groups in total. The summed E-state index contributed by atoms with van der Waals surface area (Å²) in [5, 5.41) is 2.83. The van der Waals surface area contributed by atoms with Gasteiger partial charge in [-0.3, -0.25) is 14.6 Å². The number of nitrogens with zero attached hydrogens (tertiary/aromatic N) is 3. The fourth-order valence-corrected chi connectivity index (χ4v) is 4.16. The van der Waals surface area contributed by atoms with Crippen LogP contribution in [0.25, 0.3) is 0 Å². The van der Waals surface area contributed by atoms with E-state index in [0.717, 1.165) is 11.1 Å². The molecule has 0 radical (unpaired) electrons. The largest absolute Gasteiger partial charge is 0.454 e. The molecule has 2 heterocycles. The van der Waals surface area contributed by atoms with E-state index in [1.54, 1.807) is 18.2 Å². The van der Waals surface area contributed by atoms with Gasteiger partial charge in [-0.1, -0.05) is 30.3 Å². The van der Waals surface area contributed by atoms with E-state index in [4.69, 9.17) is 9.47 Å². The summed E-state index contributed by atoms with van der Waals surface area (Å²) in [6, 6.07) is 17.1. The highest BCUT2D eigenvalue weighted by Gasteiger charge is 2.34. The molecule has 0 unspecified atom stereocenters. The van der Waals surface area contributed by atoms with Crippen molar-refractivity contribution in [3.8, 4) is 11.5 Å². The molecule has 0 aliphatic carbocycles. The summed E-state index contributed by atoms with van der Waals surface area (Å²) >= 11 is 0. The summed E-state index contributed by atoms with van der Waals surface area (Å²) in [5.74, 6) is -0.185. The molecule has 2 amide bonds. The van der Waals surface area contributed by atoms with Gasteiger partial charge in [0, 0.05) is 24.6 Å². The number of carbonyl (C=O) groups excluding carboxylic acids is 2. The lowest BCUT2D eigenvalue weighted by Crippen LogP contribution is -2.41. The lowest BCUT2D eigenvalue weighted by Gasteiger charge is -2.32. The number of benzene rings is 3. The van der Waals surface area contributed by atoms with Gasteiger partial charge >= 0.3 is 0 Å². The average molecular weight is 499 g/mol. The third-order valence-corrected chi connectivity index (χ3v) is 5.99. The third kappa shape index (κ3) is 5.25. The van der Waals surface area contributed by atoms with E-state index < -0.39 is 23.7 Å². The van der Waals surface area contributed by atoms with E-state index in [1.165, 1.54) is 47.8 Å². The van der Waals surface area contributed by atoms with E-state index in [-0.39, 0.29) is 19.0 Å². The third-order valence-electron chi connectivity index (χ3n) is 5.99. The molecule has 3 aromatic carbocycles. The summed E-state index contributed by atoms with van der Waals surface area (Å²) in [6.45, 7) is 2.06. The maximum atomic E-state index is 13.8. The average Bonchev–Trinajstić information content (AvgIpc) is 3.39. The number of fused-ring (bicyclic) bond motifs is 1. The first-order valence-electron chi connectivity index (χ1n) is 11.6. The zero-order valence-electron chi connectivity index (χ0n) is 19.9. The highest BCUT2D eigenvalue weighted by Crippen LogP contribution is 2.34. The SMILES string of the molecule is Cc1ccccc1[C@H](C(=O)Nc1ccc(F)cc1)N(Cc1ccc2c(c1)OCO2)C(=O)c1cnccn1. The minimum atomic E-state index is -1.04. The van der Waals surface area contributed by atoms with Gasteiger partial charge in [0.15, 0.2) is 11.5 Å². The topological polar surface area (TPSA) is 93.7 Å². The van der Waals surface area contributed by atoms with E-state index in [1.807, 2.05) is 31.2 Å². The van der Waals surface area contributed by atoms with Crippen LogP contribution in [0.4, 0.5) is 10.1 Å². The number of halogens is 1. The number of hydrogen-bond acceptors (Lipinski definition) is 6. The number of nitrogens with one attached hydrogen (secondary N) is 1. The van der Waals surface area contributed by atoms with Crippen LogP contribution >= 0.6 is 0 Å². The van der Waals surface area contributed by atoms with Crippen LogP contribution in [-0.2, 0) is 11.3 Å². The maximum absolute atomic E-state index is 13.8. The lowest BCUT2D eigenvalue weighted by molar-refractivity contribution is -0.121. The Labute approximate surface area is 212 Å². The van der Waals surface area contributed by atoms with Crippen molar-refractivity contribution < 1.29 is 23.5 Å². The smallest absolute Gasteiger partial charge is 0.275 e. The molecule has 1 atom stereocenters. The van der Waals surface area contributed by atoms with Crippen LogP contribution in [0, 0.1) is 12.7 Å². The van der Waals surface area contributed by atoms with E-state index in [9.17, 15) is 14.0 Å². The van der Waals surface area contributed by atoms with Gasteiger partial charge in [0.1, 0.15) is 17.6 Å². The molecule has 8 nitrogen and oxygen atoms in total. The van der Waals surface area contributed by atoms with Gasteiger partial charge in [0.25, 0.3) is 11.8 Å². The van der Waals surface area contributed by atoms with Crippen molar-refractivity contribution in [3.63, 3.8) is 0 Å². The van der Waals surface area contributed by atoms with E-state index in [2.05, 4.69) is 15.3 Å². The number of hydrogen-bond donors (Lipinski definition) is 1. The number of aryl methyl sites for hydroxylation is 1. The molecule has 37 heavy (non-hydrogen) atoms. The Balaban J connectivity index is 1.58. The summed E-state index contributed by atoms with van der Waals surface area (Å²) in [6.07, 6.45) is 4.26. The van der Waals surface area contributed by atoms with Crippen molar-refractivity contribution in [1.82, 2.24) is 14.9 Å². The second-order valence-corrected chi connectivity index (χ2v) is 8.47. The Hall–Kier alpha value is -4.79. The van der Waals surface area contributed by atoms with Crippen molar-refractivity contribution in [2.45, 2.75) is 19.5 Å². The first-order valence-corrected chi connectivity index (χ1v) is 11.6. The Kier molecular flexibility index (Phi) is 6.76. The molecule has 0 fully saturated rings. The quantitative estimate of drug-likeness (QED) is 0.398. The van der Waals surface area contributed by atoms with Crippen LogP contribution in [0.3, 0.4) is 0 Å². The van der Waals surface area contributed by atoms with Crippen molar-refractivity contribution >= 4 is 17.5 Å². The molecule has 1 aliphatic rings. The Morgan fingerprint density at radius 2 is 1.81 bits per heavy atom. The zero-order chi connectivity index (χ0) is 25.8. The van der Waals surface area contributed by atoms with Gasteiger partial charge in [-0.05, 0) is 60.0 Å². The molecule has 1 aromatic heterocycles. The molecule has 1 aliphatic heterocycles. The summed E-state index contributed by atoms with van der Waals surface area (Å²) in [7, 11) is 0. The normalized spacial score (nSPS) is 12.6. The van der Waals surface area contributed by atoms with Crippen LogP contribution in [0.5, 0.6) is 11.5 Å².